The molecule has 0 radical (unpaired) electrons. The molecule has 0 bridgehead atoms. The number of carbonyl (C=O) groups is 1. The Kier molecular flexibility index (Phi) is 4.22. The Balaban J connectivity index is 1.70. The molecule has 1 amide bonds. The lowest BCUT2D eigenvalue weighted by Crippen LogP contribution is -2.24. The van der Waals surface area contributed by atoms with Gasteiger partial charge in [0.05, 0.1) is 0 Å². The second-order valence-corrected chi connectivity index (χ2v) is 6.82. The number of thiazole rings is 1. The number of aromatic nitrogens is 1. The van der Waals surface area contributed by atoms with Gasteiger partial charge < -0.3 is 14.8 Å². The third-order valence-corrected chi connectivity index (χ3v) is 4.72. The van der Waals surface area contributed by atoms with Gasteiger partial charge in [0.1, 0.15) is 5.69 Å². The van der Waals surface area contributed by atoms with Gasteiger partial charge >= 0.3 is 0 Å². The fourth-order valence-corrected chi connectivity index (χ4v) is 3.30. The Morgan fingerprint density at radius 3 is 2.95 bits per heavy atom. The summed E-state index contributed by atoms with van der Waals surface area (Å²) in [4.78, 5) is 17.3. The van der Waals surface area contributed by atoms with Crippen LogP contribution in [-0.2, 0) is 6.54 Å². The normalized spacial score (nSPS) is 12.7. The lowest BCUT2D eigenvalue weighted by atomic mass is 10.1. The Bertz CT molecular complexity index is 715. The first kappa shape index (κ1) is 15.1. The second-order valence-electron chi connectivity index (χ2n) is 5.20. The first-order valence-corrected chi connectivity index (χ1v) is 8.07. The van der Waals surface area contributed by atoms with E-state index >= 15 is 0 Å². The summed E-state index contributed by atoms with van der Waals surface area (Å²) in [6.07, 6.45) is 0. The van der Waals surface area contributed by atoms with Crippen molar-refractivity contribution in [3.8, 4) is 11.5 Å². The smallest absolute Gasteiger partial charge is 0.271 e. The van der Waals surface area contributed by atoms with E-state index in [1.807, 2.05) is 32.0 Å². The summed E-state index contributed by atoms with van der Waals surface area (Å²) < 4.78 is 11.0. The molecular weight excluding hydrogens is 324 g/mol. The third-order valence-electron chi connectivity index (χ3n) is 3.26. The number of benzene rings is 1. The largest absolute Gasteiger partial charge is 0.454 e. The van der Waals surface area contributed by atoms with E-state index in [0.717, 1.165) is 16.2 Å². The number of carbonyl (C=O) groups excluding carboxylic acids is 1. The van der Waals surface area contributed by atoms with Gasteiger partial charge in [-0.25, -0.2) is 4.98 Å². The van der Waals surface area contributed by atoms with E-state index in [1.165, 1.54) is 11.3 Å². The summed E-state index contributed by atoms with van der Waals surface area (Å²) in [5.41, 5.74) is 1.34. The van der Waals surface area contributed by atoms with E-state index in [-0.39, 0.29) is 18.6 Å². The van der Waals surface area contributed by atoms with Crippen LogP contribution in [0.25, 0.3) is 0 Å². The van der Waals surface area contributed by atoms with Crippen LogP contribution < -0.4 is 14.8 Å². The summed E-state index contributed by atoms with van der Waals surface area (Å²) in [6, 6.07) is 5.59. The van der Waals surface area contributed by atoms with Crippen molar-refractivity contribution in [2.75, 3.05) is 6.79 Å². The molecule has 3 rings (SSSR count). The molecule has 2 aromatic rings. The predicted octanol–water partition coefficient (Wildman–Crippen LogP) is 3.58. The summed E-state index contributed by atoms with van der Waals surface area (Å²) in [5.74, 6) is 1.41. The number of amides is 1. The van der Waals surface area contributed by atoms with Crippen LogP contribution in [-0.4, -0.2) is 17.7 Å². The van der Waals surface area contributed by atoms with Crippen LogP contribution in [0.2, 0.25) is 4.47 Å². The molecular formula is C15H15ClN2O3S. The summed E-state index contributed by atoms with van der Waals surface area (Å²) in [5, 5.41) is 2.87. The van der Waals surface area contributed by atoms with Crippen molar-refractivity contribution in [3.63, 3.8) is 0 Å². The van der Waals surface area contributed by atoms with E-state index in [0.29, 0.717) is 22.5 Å². The highest BCUT2D eigenvalue weighted by molar-refractivity contribution is 7.16. The highest BCUT2D eigenvalue weighted by atomic mass is 35.5. The van der Waals surface area contributed by atoms with Gasteiger partial charge in [-0.15, -0.1) is 11.3 Å². The van der Waals surface area contributed by atoms with Crippen molar-refractivity contribution in [3.05, 3.63) is 38.8 Å². The van der Waals surface area contributed by atoms with Gasteiger partial charge in [0.15, 0.2) is 16.0 Å². The van der Waals surface area contributed by atoms with Gasteiger partial charge in [-0.3, -0.25) is 4.79 Å². The van der Waals surface area contributed by atoms with E-state index in [1.54, 1.807) is 0 Å². The Labute approximate surface area is 137 Å². The van der Waals surface area contributed by atoms with E-state index in [4.69, 9.17) is 21.1 Å². The average molecular weight is 339 g/mol. The summed E-state index contributed by atoms with van der Waals surface area (Å²) >= 11 is 7.28. The van der Waals surface area contributed by atoms with Gasteiger partial charge in [-0.05, 0) is 23.6 Å². The molecule has 22 heavy (non-hydrogen) atoms. The molecule has 1 aromatic heterocycles. The van der Waals surface area contributed by atoms with Gasteiger partial charge in [0, 0.05) is 11.4 Å². The van der Waals surface area contributed by atoms with Crippen molar-refractivity contribution in [1.82, 2.24) is 10.3 Å². The summed E-state index contributed by atoms with van der Waals surface area (Å²) in [7, 11) is 0. The number of fused-ring (bicyclic) bond motifs is 1. The third kappa shape index (κ3) is 3.03. The molecule has 5 nitrogen and oxygen atoms in total. The minimum Gasteiger partial charge on any atom is -0.454 e. The maximum absolute atomic E-state index is 12.3. The maximum atomic E-state index is 12.3. The first-order chi connectivity index (χ1) is 10.5. The molecule has 2 heterocycles. The van der Waals surface area contributed by atoms with Crippen molar-refractivity contribution in [2.45, 2.75) is 26.3 Å². The van der Waals surface area contributed by atoms with E-state index in [9.17, 15) is 4.79 Å². The predicted molar refractivity (Wildman–Crippen MR) is 84.9 cm³/mol. The standard InChI is InChI=1S/C15H15ClN2O3S/c1-8(2)13-12(18-15(16)22-13)14(19)17-6-9-3-4-10-11(5-9)21-7-20-10/h3-5,8H,6-7H2,1-2H3,(H,17,19). The number of ether oxygens (including phenoxy) is 2. The molecule has 1 aliphatic rings. The summed E-state index contributed by atoms with van der Waals surface area (Å²) in [6.45, 7) is 4.65. The first-order valence-electron chi connectivity index (χ1n) is 6.87. The Morgan fingerprint density at radius 1 is 1.41 bits per heavy atom. The molecule has 0 atom stereocenters. The lowest BCUT2D eigenvalue weighted by Gasteiger charge is -2.07. The number of hydrogen-bond donors (Lipinski definition) is 1. The van der Waals surface area contributed by atoms with Crippen LogP contribution in [0.5, 0.6) is 11.5 Å². The van der Waals surface area contributed by atoms with Crippen LogP contribution in [0.4, 0.5) is 0 Å². The Morgan fingerprint density at radius 2 is 2.18 bits per heavy atom. The van der Waals surface area contributed by atoms with Crippen LogP contribution in [0.15, 0.2) is 18.2 Å². The number of hydrogen-bond acceptors (Lipinski definition) is 5. The molecule has 0 aliphatic carbocycles. The quantitative estimate of drug-likeness (QED) is 0.925. The van der Waals surface area contributed by atoms with Gasteiger partial charge in [-0.2, -0.15) is 0 Å². The van der Waals surface area contributed by atoms with Crippen molar-refractivity contribution < 1.29 is 14.3 Å². The monoisotopic (exact) mass is 338 g/mol. The molecule has 0 saturated carbocycles. The van der Waals surface area contributed by atoms with Gasteiger partial charge in [0.25, 0.3) is 5.91 Å². The van der Waals surface area contributed by atoms with E-state index < -0.39 is 0 Å². The molecule has 0 saturated heterocycles. The second kappa shape index (κ2) is 6.14. The van der Waals surface area contributed by atoms with Crippen LogP contribution >= 0.6 is 22.9 Å². The SMILES string of the molecule is CC(C)c1sc(Cl)nc1C(=O)NCc1ccc2c(c1)OCO2. The topological polar surface area (TPSA) is 60.5 Å². The fraction of sp³-hybridized carbons (Fsp3) is 0.333. The zero-order chi connectivity index (χ0) is 15.7. The molecule has 1 N–H and O–H groups in total. The molecule has 0 unspecified atom stereocenters. The van der Waals surface area contributed by atoms with Crippen molar-refractivity contribution in [2.24, 2.45) is 0 Å². The maximum Gasteiger partial charge on any atom is 0.271 e. The van der Waals surface area contributed by atoms with Crippen LogP contribution in [0.1, 0.15) is 40.7 Å². The number of nitrogens with one attached hydrogen (secondary N) is 1. The molecule has 1 aromatic carbocycles. The fourth-order valence-electron chi connectivity index (χ4n) is 2.18. The van der Waals surface area contributed by atoms with Crippen molar-refractivity contribution in [1.29, 1.82) is 0 Å². The number of nitrogens with zero attached hydrogens (tertiary/aromatic N) is 1. The van der Waals surface area contributed by atoms with Gasteiger partial charge in [-0.1, -0.05) is 31.5 Å². The number of rotatable bonds is 4. The van der Waals surface area contributed by atoms with E-state index in [2.05, 4.69) is 10.3 Å². The highest BCUT2D eigenvalue weighted by Crippen LogP contribution is 2.32. The zero-order valence-electron chi connectivity index (χ0n) is 12.2. The molecule has 116 valence electrons. The van der Waals surface area contributed by atoms with Crippen LogP contribution in [0, 0.1) is 0 Å². The lowest BCUT2D eigenvalue weighted by molar-refractivity contribution is 0.0945. The highest BCUT2D eigenvalue weighted by Gasteiger charge is 2.20. The molecule has 7 heteroatoms. The van der Waals surface area contributed by atoms with Crippen molar-refractivity contribution >= 4 is 28.8 Å². The van der Waals surface area contributed by atoms with Gasteiger partial charge in [0.2, 0.25) is 6.79 Å². The average Bonchev–Trinajstić information content (AvgIpc) is 3.10. The van der Waals surface area contributed by atoms with Crippen LogP contribution in [0.3, 0.4) is 0 Å². The Hall–Kier alpha value is -1.79. The molecule has 1 aliphatic heterocycles. The minimum atomic E-state index is -0.218. The number of halogens is 1. The zero-order valence-corrected chi connectivity index (χ0v) is 13.8. The minimum absolute atomic E-state index is 0.205. The molecule has 0 spiro atoms. The molecule has 0 fully saturated rings.